The van der Waals surface area contributed by atoms with Gasteiger partial charge in [-0.3, -0.25) is 0 Å². The number of nitrogens with zero attached hydrogens (tertiary/aromatic N) is 1. The van der Waals surface area contributed by atoms with Crippen molar-refractivity contribution in [2.24, 2.45) is 0 Å². The molecule has 0 radical (unpaired) electrons. The second kappa shape index (κ2) is 4.24. The molecular formula is C15H15NO3. The predicted octanol–water partition coefficient (Wildman–Crippen LogP) is 2.91. The molecule has 0 atom stereocenters. The van der Waals surface area contributed by atoms with E-state index in [0.717, 1.165) is 27.5 Å². The van der Waals surface area contributed by atoms with E-state index in [0.29, 0.717) is 12.1 Å². The van der Waals surface area contributed by atoms with E-state index >= 15 is 0 Å². The molecule has 0 aliphatic heterocycles. The number of furan rings is 1. The summed E-state index contributed by atoms with van der Waals surface area (Å²) in [6, 6.07) is 5.38. The van der Waals surface area contributed by atoms with Crippen LogP contribution in [0.1, 0.15) is 11.1 Å². The molecule has 4 nitrogen and oxygen atoms in total. The minimum atomic E-state index is -0.327. The van der Waals surface area contributed by atoms with Crippen LogP contribution in [0.2, 0.25) is 0 Å². The van der Waals surface area contributed by atoms with Crippen molar-refractivity contribution in [2.75, 3.05) is 14.1 Å². The van der Waals surface area contributed by atoms with Crippen LogP contribution in [0.25, 0.3) is 21.9 Å². The molecule has 0 aliphatic rings. The minimum absolute atomic E-state index is 0.327. The van der Waals surface area contributed by atoms with Gasteiger partial charge in [0.25, 0.3) is 0 Å². The van der Waals surface area contributed by atoms with Gasteiger partial charge in [0.15, 0.2) is 0 Å². The first-order valence-corrected chi connectivity index (χ1v) is 6.14. The zero-order valence-electron chi connectivity index (χ0n) is 11.2. The molecule has 0 amide bonds. The van der Waals surface area contributed by atoms with Crippen LogP contribution in [-0.2, 0) is 6.54 Å². The molecule has 0 spiro atoms. The topological polar surface area (TPSA) is 46.6 Å². The van der Waals surface area contributed by atoms with E-state index < -0.39 is 0 Å². The number of hydrogen-bond donors (Lipinski definition) is 0. The van der Waals surface area contributed by atoms with Crippen LogP contribution in [0, 0.1) is 6.92 Å². The Labute approximate surface area is 110 Å². The molecule has 0 N–H and O–H groups in total. The third-order valence-corrected chi connectivity index (χ3v) is 3.20. The molecule has 1 aromatic carbocycles. The Kier molecular flexibility index (Phi) is 2.68. The van der Waals surface area contributed by atoms with Gasteiger partial charge in [0.2, 0.25) is 0 Å². The lowest BCUT2D eigenvalue weighted by Gasteiger charge is -2.11. The first-order chi connectivity index (χ1) is 9.04. The Hall–Kier alpha value is -2.07. The van der Waals surface area contributed by atoms with Crippen LogP contribution in [0.5, 0.6) is 0 Å². The molecule has 0 bridgehead atoms. The van der Waals surface area contributed by atoms with Gasteiger partial charge in [-0.15, -0.1) is 0 Å². The van der Waals surface area contributed by atoms with Crippen LogP contribution in [0.15, 0.2) is 38.1 Å². The van der Waals surface area contributed by atoms with Crippen LogP contribution >= 0.6 is 0 Å². The van der Waals surface area contributed by atoms with Crippen molar-refractivity contribution < 1.29 is 8.83 Å². The third-order valence-electron chi connectivity index (χ3n) is 3.20. The highest BCUT2D eigenvalue weighted by molar-refractivity contribution is 5.95. The van der Waals surface area contributed by atoms with Crippen molar-refractivity contribution in [1.29, 1.82) is 0 Å². The van der Waals surface area contributed by atoms with Gasteiger partial charge in [0.1, 0.15) is 11.2 Å². The first kappa shape index (κ1) is 12.0. The summed E-state index contributed by atoms with van der Waals surface area (Å²) in [6.45, 7) is 2.70. The van der Waals surface area contributed by atoms with Gasteiger partial charge < -0.3 is 13.7 Å². The zero-order chi connectivity index (χ0) is 13.6. The van der Waals surface area contributed by atoms with Gasteiger partial charge in [-0.25, -0.2) is 4.79 Å². The molecule has 0 saturated heterocycles. The van der Waals surface area contributed by atoms with Crippen LogP contribution in [0.3, 0.4) is 0 Å². The lowest BCUT2D eigenvalue weighted by atomic mass is 10.1. The van der Waals surface area contributed by atoms with Gasteiger partial charge in [0.05, 0.1) is 6.26 Å². The molecule has 0 saturated carbocycles. The Morgan fingerprint density at radius 3 is 2.63 bits per heavy atom. The van der Waals surface area contributed by atoms with Crippen molar-refractivity contribution in [3.05, 3.63) is 46.0 Å². The fourth-order valence-corrected chi connectivity index (χ4v) is 2.35. The second-order valence-corrected chi connectivity index (χ2v) is 5.09. The monoisotopic (exact) mass is 257 g/mol. The Bertz CT molecular complexity index is 811. The number of rotatable bonds is 2. The number of fused-ring (bicyclic) bond motifs is 2. The molecule has 3 aromatic rings. The maximum Gasteiger partial charge on any atom is 0.336 e. The summed E-state index contributed by atoms with van der Waals surface area (Å²) in [5.74, 6) is 0. The number of aryl methyl sites for hydroxylation is 1. The summed E-state index contributed by atoms with van der Waals surface area (Å²) < 4.78 is 10.7. The first-order valence-electron chi connectivity index (χ1n) is 6.14. The maximum absolute atomic E-state index is 11.6. The van der Waals surface area contributed by atoms with Gasteiger partial charge in [0, 0.05) is 29.4 Å². The fraction of sp³-hybridized carbons (Fsp3) is 0.267. The SMILES string of the molecule is Cc1coc2cc3oc(=O)cc(CN(C)C)c3cc12. The Morgan fingerprint density at radius 1 is 1.11 bits per heavy atom. The summed E-state index contributed by atoms with van der Waals surface area (Å²) in [4.78, 5) is 13.6. The fourth-order valence-electron chi connectivity index (χ4n) is 2.35. The van der Waals surface area contributed by atoms with Gasteiger partial charge in [-0.1, -0.05) is 0 Å². The van der Waals surface area contributed by atoms with Crippen LogP contribution < -0.4 is 5.63 Å². The van der Waals surface area contributed by atoms with E-state index in [1.165, 1.54) is 0 Å². The third kappa shape index (κ3) is 2.04. The average Bonchev–Trinajstić information content (AvgIpc) is 2.67. The predicted molar refractivity (Wildman–Crippen MR) is 74.4 cm³/mol. The average molecular weight is 257 g/mol. The summed E-state index contributed by atoms with van der Waals surface area (Å²) in [5, 5.41) is 2.02. The molecular weight excluding hydrogens is 242 g/mol. The molecule has 2 heterocycles. The molecule has 0 fully saturated rings. The zero-order valence-corrected chi connectivity index (χ0v) is 11.2. The molecule has 0 aliphatic carbocycles. The van der Waals surface area contributed by atoms with Crippen molar-refractivity contribution in [2.45, 2.75) is 13.5 Å². The van der Waals surface area contributed by atoms with E-state index in [9.17, 15) is 4.79 Å². The number of hydrogen-bond acceptors (Lipinski definition) is 4. The molecule has 19 heavy (non-hydrogen) atoms. The van der Waals surface area contributed by atoms with E-state index in [1.807, 2.05) is 32.0 Å². The highest BCUT2D eigenvalue weighted by Gasteiger charge is 2.11. The quantitative estimate of drug-likeness (QED) is 0.662. The molecule has 3 rings (SSSR count). The summed E-state index contributed by atoms with van der Waals surface area (Å²) >= 11 is 0. The lowest BCUT2D eigenvalue weighted by molar-refractivity contribution is 0.402. The lowest BCUT2D eigenvalue weighted by Crippen LogP contribution is -2.13. The summed E-state index contributed by atoms with van der Waals surface area (Å²) in [7, 11) is 3.95. The van der Waals surface area contributed by atoms with Crippen LogP contribution in [-0.4, -0.2) is 19.0 Å². The van der Waals surface area contributed by atoms with Gasteiger partial charge in [-0.2, -0.15) is 0 Å². The summed E-state index contributed by atoms with van der Waals surface area (Å²) in [6.07, 6.45) is 1.72. The van der Waals surface area contributed by atoms with E-state index in [-0.39, 0.29) is 5.63 Å². The number of benzene rings is 1. The standard InChI is InChI=1S/C15H15NO3/c1-9-8-18-13-6-14-12(5-11(9)13)10(7-16(2)3)4-15(17)19-14/h4-6,8H,7H2,1-3H3. The van der Waals surface area contributed by atoms with Crippen molar-refractivity contribution in [3.63, 3.8) is 0 Å². The Balaban J connectivity index is 2.37. The Morgan fingerprint density at radius 2 is 1.89 bits per heavy atom. The molecule has 98 valence electrons. The van der Waals surface area contributed by atoms with Crippen LogP contribution in [0.4, 0.5) is 0 Å². The summed E-state index contributed by atoms with van der Waals surface area (Å²) in [5.41, 5.74) is 3.05. The van der Waals surface area contributed by atoms with Gasteiger partial charge in [-0.05, 0) is 38.2 Å². The highest BCUT2D eigenvalue weighted by atomic mass is 16.4. The van der Waals surface area contributed by atoms with Crippen molar-refractivity contribution in [3.8, 4) is 0 Å². The highest BCUT2D eigenvalue weighted by Crippen LogP contribution is 2.28. The van der Waals surface area contributed by atoms with E-state index in [1.54, 1.807) is 18.4 Å². The second-order valence-electron chi connectivity index (χ2n) is 5.09. The smallest absolute Gasteiger partial charge is 0.336 e. The van der Waals surface area contributed by atoms with Crippen molar-refractivity contribution >= 4 is 21.9 Å². The normalized spacial score (nSPS) is 11.8. The molecule has 0 unspecified atom stereocenters. The van der Waals surface area contributed by atoms with E-state index in [2.05, 4.69) is 0 Å². The van der Waals surface area contributed by atoms with E-state index in [4.69, 9.17) is 8.83 Å². The van der Waals surface area contributed by atoms with Gasteiger partial charge >= 0.3 is 5.63 Å². The minimum Gasteiger partial charge on any atom is -0.464 e. The molecule has 4 heteroatoms. The largest absolute Gasteiger partial charge is 0.464 e. The van der Waals surface area contributed by atoms with Crippen molar-refractivity contribution in [1.82, 2.24) is 4.90 Å². The maximum atomic E-state index is 11.6. The molecule has 2 aromatic heterocycles.